The number of hydrogen-bond acceptors (Lipinski definition) is 5. The fourth-order valence-corrected chi connectivity index (χ4v) is 3.41. The fraction of sp³-hybridized carbons (Fsp3) is 0.846. The minimum absolute atomic E-state index is 0.0000624. The molecule has 0 saturated carbocycles. The molecule has 0 spiro atoms. The molecule has 0 aromatic rings. The van der Waals surface area contributed by atoms with Crippen LogP contribution in [0.5, 0.6) is 0 Å². The number of carbonyl (C=O) groups excluding carboxylic acids is 1. The van der Waals surface area contributed by atoms with Crippen LogP contribution in [0, 0.1) is 0 Å². The number of hydroxylamine groups is 3. The van der Waals surface area contributed by atoms with E-state index in [4.69, 9.17) is 9.94 Å². The number of rotatable bonds is 4. The van der Waals surface area contributed by atoms with Gasteiger partial charge in [0.1, 0.15) is 0 Å². The van der Waals surface area contributed by atoms with Gasteiger partial charge in [0.25, 0.3) is 0 Å². The van der Waals surface area contributed by atoms with E-state index in [2.05, 4.69) is 5.48 Å². The summed E-state index contributed by atoms with van der Waals surface area (Å²) in [6, 6.07) is -0.434. The monoisotopic (exact) mass is 314 g/mol. The van der Waals surface area contributed by atoms with Gasteiger partial charge in [-0.2, -0.15) is 0 Å². The lowest BCUT2D eigenvalue weighted by molar-refractivity contribution is -0.0624. The molecule has 3 saturated heterocycles. The molecule has 3 atom stereocenters. The molecule has 9 nitrogen and oxygen atoms in total. The van der Waals surface area contributed by atoms with Crippen molar-refractivity contribution >= 4 is 12.1 Å². The summed E-state index contributed by atoms with van der Waals surface area (Å²) < 4.78 is 0. The van der Waals surface area contributed by atoms with Crippen LogP contribution in [-0.2, 0) is 4.84 Å². The Hall–Kier alpha value is -1.58. The first-order valence-electron chi connectivity index (χ1n) is 7.71. The van der Waals surface area contributed by atoms with Gasteiger partial charge in [-0.1, -0.05) is 0 Å². The van der Waals surface area contributed by atoms with Gasteiger partial charge in [0, 0.05) is 25.7 Å². The molecule has 0 aromatic carbocycles. The van der Waals surface area contributed by atoms with Gasteiger partial charge in [0.15, 0.2) is 0 Å². The van der Waals surface area contributed by atoms with Crippen LogP contribution in [-0.4, -0.2) is 81.7 Å². The van der Waals surface area contributed by atoms with Crippen molar-refractivity contribution in [2.45, 2.75) is 43.9 Å². The highest BCUT2D eigenvalue weighted by atomic mass is 16.7. The lowest BCUT2D eigenvalue weighted by Crippen LogP contribution is -2.48. The van der Waals surface area contributed by atoms with Gasteiger partial charge in [0.05, 0.1) is 18.7 Å². The smallest absolute Gasteiger partial charge is 0.407 e. The Morgan fingerprint density at radius 3 is 2.91 bits per heavy atom. The van der Waals surface area contributed by atoms with E-state index in [9.17, 15) is 14.8 Å². The predicted octanol–water partition coefficient (Wildman–Crippen LogP) is 0.308. The number of piperidine rings is 2. The molecule has 22 heavy (non-hydrogen) atoms. The highest BCUT2D eigenvalue weighted by molar-refractivity contribution is 5.76. The van der Waals surface area contributed by atoms with Crippen molar-refractivity contribution in [2.75, 3.05) is 26.2 Å². The van der Waals surface area contributed by atoms with Crippen LogP contribution < -0.4 is 5.48 Å². The Kier molecular flexibility index (Phi) is 4.37. The van der Waals surface area contributed by atoms with Crippen LogP contribution in [0.2, 0.25) is 0 Å². The van der Waals surface area contributed by atoms with E-state index in [1.807, 2.05) is 0 Å². The van der Waals surface area contributed by atoms with Crippen molar-refractivity contribution in [3.8, 4) is 0 Å². The summed E-state index contributed by atoms with van der Waals surface area (Å²) in [5.41, 5.74) is 2.89. The Morgan fingerprint density at radius 2 is 2.14 bits per heavy atom. The van der Waals surface area contributed by atoms with Crippen molar-refractivity contribution in [1.29, 1.82) is 0 Å². The van der Waals surface area contributed by atoms with Crippen LogP contribution in [0.25, 0.3) is 0 Å². The van der Waals surface area contributed by atoms with E-state index >= 15 is 0 Å². The molecule has 3 aliphatic heterocycles. The molecular weight excluding hydrogens is 292 g/mol. The summed E-state index contributed by atoms with van der Waals surface area (Å²) in [5, 5.41) is 19.4. The van der Waals surface area contributed by atoms with Crippen LogP contribution in [0.4, 0.5) is 9.59 Å². The van der Waals surface area contributed by atoms with Crippen LogP contribution >= 0.6 is 0 Å². The maximum atomic E-state index is 11.8. The molecule has 3 N–H and O–H groups in total. The van der Waals surface area contributed by atoms with Crippen molar-refractivity contribution in [3.63, 3.8) is 0 Å². The predicted molar refractivity (Wildman–Crippen MR) is 74.2 cm³/mol. The summed E-state index contributed by atoms with van der Waals surface area (Å²) in [7, 11) is 0. The number of fused-ring (bicyclic) bond motifs is 2. The first-order chi connectivity index (χ1) is 10.6. The van der Waals surface area contributed by atoms with Gasteiger partial charge in [-0.3, -0.25) is 10.0 Å². The first-order valence-corrected chi connectivity index (χ1v) is 7.71. The number of likely N-dealkylation sites (tertiary alicyclic amines) is 1. The molecule has 124 valence electrons. The highest BCUT2D eigenvalue weighted by Gasteiger charge is 2.44. The number of nitrogens with one attached hydrogen (secondary N) is 1. The Labute approximate surface area is 128 Å². The Balaban J connectivity index is 1.43. The third-order valence-electron chi connectivity index (χ3n) is 4.69. The zero-order valence-electron chi connectivity index (χ0n) is 12.3. The summed E-state index contributed by atoms with van der Waals surface area (Å²) in [5.74, 6) is 0. The normalized spacial score (nSPS) is 31.8. The van der Waals surface area contributed by atoms with E-state index in [-0.39, 0.29) is 24.2 Å². The topological polar surface area (TPSA) is 106 Å². The number of carboxylic acid groups (broad SMARTS) is 1. The summed E-state index contributed by atoms with van der Waals surface area (Å²) in [6.07, 6.45) is 2.11. The van der Waals surface area contributed by atoms with Crippen molar-refractivity contribution in [1.82, 2.24) is 20.3 Å². The molecule has 3 aliphatic rings. The highest BCUT2D eigenvalue weighted by Crippen LogP contribution is 2.28. The van der Waals surface area contributed by atoms with E-state index in [1.165, 1.54) is 4.90 Å². The van der Waals surface area contributed by atoms with Crippen molar-refractivity contribution in [3.05, 3.63) is 0 Å². The Morgan fingerprint density at radius 1 is 1.32 bits per heavy atom. The third kappa shape index (κ3) is 2.96. The van der Waals surface area contributed by atoms with E-state index in [0.29, 0.717) is 26.2 Å². The SMILES string of the molecule is O=C(O)N1CCC[C@@H](ONC[C@@H]2CC[C@@H]3CN2C(=O)N3O)C1. The number of amides is 3. The zero-order valence-corrected chi connectivity index (χ0v) is 12.3. The third-order valence-corrected chi connectivity index (χ3v) is 4.69. The maximum absolute atomic E-state index is 11.8. The van der Waals surface area contributed by atoms with Crippen molar-refractivity contribution < 1.29 is 24.7 Å². The molecule has 3 amide bonds. The molecular formula is C13H22N4O5. The molecule has 3 rings (SSSR count). The molecule has 9 heteroatoms. The minimum atomic E-state index is -0.919. The van der Waals surface area contributed by atoms with Gasteiger partial charge in [-0.25, -0.2) is 20.1 Å². The molecule has 0 aromatic heterocycles. The maximum Gasteiger partial charge on any atom is 0.407 e. The summed E-state index contributed by atoms with van der Waals surface area (Å²) in [4.78, 5) is 31.4. The molecule has 0 radical (unpaired) electrons. The van der Waals surface area contributed by atoms with Gasteiger partial charge in [0.2, 0.25) is 0 Å². The van der Waals surface area contributed by atoms with Crippen LogP contribution in [0.1, 0.15) is 25.7 Å². The van der Waals surface area contributed by atoms with Gasteiger partial charge in [-0.05, 0) is 25.7 Å². The standard InChI is InChI=1S/C13H22N4O5/c18-12-16-7-10(17(12)21)4-3-9(16)6-14-22-11-2-1-5-15(8-11)13(19)20/h9-11,14,21H,1-8H2,(H,19,20)/t9-,10+,11+/m0/s1. The lowest BCUT2D eigenvalue weighted by Gasteiger charge is -2.33. The van der Waals surface area contributed by atoms with Crippen LogP contribution in [0.3, 0.4) is 0 Å². The van der Waals surface area contributed by atoms with E-state index in [1.54, 1.807) is 4.90 Å². The van der Waals surface area contributed by atoms with Gasteiger partial charge in [-0.15, -0.1) is 0 Å². The molecule has 3 fully saturated rings. The number of nitrogens with zero attached hydrogens (tertiary/aromatic N) is 3. The molecule has 0 unspecified atom stereocenters. The summed E-state index contributed by atoms with van der Waals surface area (Å²) in [6.45, 7) is 1.95. The largest absolute Gasteiger partial charge is 0.465 e. The quantitative estimate of drug-likeness (QED) is 0.509. The second-order valence-electron chi connectivity index (χ2n) is 6.12. The zero-order chi connectivity index (χ0) is 15.7. The number of urea groups is 1. The van der Waals surface area contributed by atoms with Crippen molar-refractivity contribution in [2.24, 2.45) is 0 Å². The molecule has 0 aliphatic carbocycles. The van der Waals surface area contributed by atoms with E-state index in [0.717, 1.165) is 30.7 Å². The second kappa shape index (κ2) is 6.27. The number of hydrogen-bond donors (Lipinski definition) is 3. The average Bonchev–Trinajstić information content (AvgIpc) is 2.75. The van der Waals surface area contributed by atoms with Gasteiger partial charge < -0.3 is 14.9 Å². The molecule has 3 heterocycles. The fourth-order valence-electron chi connectivity index (χ4n) is 3.41. The van der Waals surface area contributed by atoms with E-state index < -0.39 is 6.09 Å². The van der Waals surface area contributed by atoms with Gasteiger partial charge >= 0.3 is 12.1 Å². The number of carbonyl (C=O) groups is 2. The second-order valence-corrected chi connectivity index (χ2v) is 6.12. The average molecular weight is 314 g/mol. The lowest BCUT2D eigenvalue weighted by atomic mass is 10.0. The summed E-state index contributed by atoms with van der Waals surface area (Å²) >= 11 is 0. The first kappa shape index (κ1) is 15.3. The molecule has 2 bridgehead atoms. The Bertz CT molecular complexity index is 448. The van der Waals surface area contributed by atoms with Crippen LogP contribution in [0.15, 0.2) is 0 Å². The minimum Gasteiger partial charge on any atom is -0.465 e.